The Balaban J connectivity index is 2.06. The SMILES string of the molecule is COc1cc(OC)c(NC(=O)COc2ccc([N+](=O)[O-])cc2F)cc1Cl. The number of benzene rings is 2. The van der Waals surface area contributed by atoms with Gasteiger partial charge in [0.1, 0.15) is 11.5 Å². The number of anilines is 1. The van der Waals surface area contributed by atoms with E-state index in [0.29, 0.717) is 17.6 Å². The second kappa shape index (κ2) is 8.34. The summed E-state index contributed by atoms with van der Waals surface area (Å²) in [5.41, 5.74) is -0.145. The Hall–Kier alpha value is -3.07. The smallest absolute Gasteiger partial charge is 0.272 e. The third-order valence-electron chi connectivity index (χ3n) is 3.23. The summed E-state index contributed by atoms with van der Waals surface area (Å²) >= 11 is 6.01. The highest BCUT2D eigenvalue weighted by Crippen LogP contribution is 2.35. The minimum atomic E-state index is -0.947. The van der Waals surface area contributed by atoms with Gasteiger partial charge in [-0.2, -0.15) is 0 Å². The maximum absolute atomic E-state index is 13.7. The second-order valence-corrected chi connectivity index (χ2v) is 5.30. The molecule has 1 N–H and O–H groups in total. The fourth-order valence-corrected chi connectivity index (χ4v) is 2.25. The Labute approximate surface area is 152 Å². The van der Waals surface area contributed by atoms with Crippen LogP contribution in [-0.2, 0) is 4.79 Å². The number of ether oxygens (including phenoxy) is 3. The van der Waals surface area contributed by atoms with Crippen molar-refractivity contribution in [2.75, 3.05) is 26.1 Å². The van der Waals surface area contributed by atoms with Crippen LogP contribution in [0.3, 0.4) is 0 Å². The maximum atomic E-state index is 13.7. The van der Waals surface area contributed by atoms with Crippen LogP contribution in [-0.4, -0.2) is 31.7 Å². The van der Waals surface area contributed by atoms with Gasteiger partial charge in [0.2, 0.25) is 0 Å². The number of nitrogens with zero attached hydrogens (tertiary/aromatic N) is 1. The molecule has 0 aliphatic rings. The summed E-state index contributed by atoms with van der Waals surface area (Å²) in [4.78, 5) is 21.8. The summed E-state index contributed by atoms with van der Waals surface area (Å²) in [6.07, 6.45) is 0. The zero-order valence-electron chi connectivity index (χ0n) is 13.7. The molecule has 0 bridgehead atoms. The monoisotopic (exact) mass is 384 g/mol. The number of hydrogen-bond acceptors (Lipinski definition) is 6. The number of nitro groups is 1. The summed E-state index contributed by atoms with van der Waals surface area (Å²) in [7, 11) is 2.84. The van der Waals surface area contributed by atoms with Crippen LogP contribution in [0.1, 0.15) is 0 Å². The molecule has 0 saturated heterocycles. The van der Waals surface area contributed by atoms with Gasteiger partial charge in [0.05, 0.1) is 35.9 Å². The van der Waals surface area contributed by atoms with Crippen molar-refractivity contribution >= 4 is 28.9 Å². The lowest BCUT2D eigenvalue weighted by molar-refractivity contribution is -0.385. The van der Waals surface area contributed by atoms with Gasteiger partial charge in [-0.1, -0.05) is 11.6 Å². The normalized spacial score (nSPS) is 10.2. The first-order valence-electron chi connectivity index (χ1n) is 7.13. The number of rotatable bonds is 7. The van der Waals surface area contributed by atoms with E-state index in [1.165, 1.54) is 26.4 Å². The van der Waals surface area contributed by atoms with Crippen molar-refractivity contribution in [2.24, 2.45) is 0 Å². The average Bonchev–Trinajstić information content (AvgIpc) is 2.60. The molecule has 0 fully saturated rings. The van der Waals surface area contributed by atoms with Crippen molar-refractivity contribution in [3.8, 4) is 17.2 Å². The lowest BCUT2D eigenvalue weighted by Gasteiger charge is -2.13. The van der Waals surface area contributed by atoms with Crippen LogP contribution in [0.2, 0.25) is 5.02 Å². The van der Waals surface area contributed by atoms with Gasteiger partial charge in [0, 0.05) is 12.1 Å². The first kappa shape index (κ1) is 19.3. The third-order valence-corrected chi connectivity index (χ3v) is 3.53. The molecule has 2 aromatic rings. The zero-order chi connectivity index (χ0) is 19.3. The Bertz CT molecular complexity index is 846. The summed E-state index contributed by atoms with van der Waals surface area (Å²) < 4.78 is 29.0. The van der Waals surface area contributed by atoms with Crippen LogP contribution in [0.25, 0.3) is 0 Å². The first-order chi connectivity index (χ1) is 12.3. The number of nitro benzene ring substituents is 1. The number of amides is 1. The number of hydrogen-bond donors (Lipinski definition) is 1. The molecule has 26 heavy (non-hydrogen) atoms. The molecule has 138 valence electrons. The molecular weight excluding hydrogens is 371 g/mol. The topological polar surface area (TPSA) is 99.9 Å². The minimum Gasteiger partial charge on any atom is -0.495 e. The van der Waals surface area contributed by atoms with Gasteiger partial charge >= 0.3 is 0 Å². The van der Waals surface area contributed by atoms with Gasteiger partial charge in [0.15, 0.2) is 18.2 Å². The average molecular weight is 385 g/mol. The molecule has 8 nitrogen and oxygen atoms in total. The van der Waals surface area contributed by atoms with Crippen molar-refractivity contribution in [2.45, 2.75) is 0 Å². The molecule has 0 unspecified atom stereocenters. The van der Waals surface area contributed by atoms with E-state index in [2.05, 4.69) is 5.32 Å². The summed E-state index contributed by atoms with van der Waals surface area (Å²) in [6, 6.07) is 5.78. The van der Waals surface area contributed by atoms with E-state index >= 15 is 0 Å². The zero-order valence-corrected chi connectivity index (χ0v) is 14.5. The second-order valence-electron chi connectivity index (χ2n) is 4.90. The van der Waals surface area contributed by atoms with Gasteiger partial charge in [-0.15, -0.1) is 0 Å². The van der Waals surface area contributed by atoms with Crippen molar-refractivity contribution in [1.29, 1.82) is 0 Å². The Morgan fingerprint density at radius 3 is 2.46 bits per heavy atom. The largest absolute Gasteiger partial charge is 0.495 e. The Morgan fingerprint density at radius 1 is 1.19 bits per heavy atom. The fourth-order valence-electron chi connectivity index (χ4n) is 2.01. The van der Waals surface area contributed by atoms with E-state index < -0.39 is 28.9 Å². The number of nitrogens with one attached hydrogen (secondary N) is 1. The molecule has 1 amide bonds. The van der Waals surface area contributed by atoms with Crippen molar-refractivity contribution in [3.05, 3.63) is 51.3 Å². The van der Waals surface area contributed by atoms with Gasteiger partial charge in [-0.25, -0.2) is 4.39 Å². The molecule has 2 aromatic carbocycles. The van der Waals surface area contributed by atoms with Gasteiger partial charge in [-0.05, 0) is 12.1 Å². The van der Waals surface area contributed by atoms with Crippen LogP contribution in [0.5, 0.6) is 17.2 Å². The standard InChI is InChI=1S/C16H14ClFN2O6/c1-24-14-7-15(25-2)12(6-10(14)17)19-16(21)8-26-13-4-3-9(20(22)23)5-11(13)18/h3-7H,8H2,1-2H3,(H,19,21). The van der Waals surface area contributed by atoms with E-state index in [9.17, 15) is 19.3 Å². The highest BCUT2D eigenvalue weighted by atomic mass is 35.5. The maximum Gasteiger partial charge on any atom is 0.272 e. The third kappa shape index (κ3) is 4.51. The van der Waals surface area contributed by atoms with Crippen molar-refractivity contribution < 1.29 is 28.3 Å². The van der Waals surface area contributed by atoms with Crippen molar-refractivity contribution in [3.63, 3.8) is 0 Å². The predicted molar refractivity (Wildman–Crippen MR) is 91.7 cm³/mol. The fraction of sp³-hybridized carbons (Fsp3) is 0.188. The lowest BCUT2D eigenvalue weighted by atomic mass is 10.2. The van der Waals surface area contributed by atoms with E-state index in [1.807, 2.05) is 0 Å². The molecule has 0 saturated carbocycles. The molecule has 2 rings (SSSR count). The van der Waals surface area contributed by atoms with Crippen LogP contribution in [0, 0.1) is 15.9 Å². The predicted octanol–water partition coefficient (Wildman–Crippen LogP) is 3.42. The van der Waals surface area contributed by atoms with Gasteiger partial charge in [-0.3, -0.25) is 14.9 Å². The molecule has 0 spiro atoms. The number of methoxy groups -OCH3 is 2. The highest BCUT2D eigenvalue weighted by Gasteiger charge is 2.15. The molecular formula is C16H14ClFN2O6. The van der Waals surface area contributed by atoms with Crippen LogP contribution in [0.15, 0.2) is 30.3 Å². The number of carbonyl (C=O) groups is 1. The minimum absolute atomic E-state index is 0.255. The molecule has 0 radical (unpaired) electrons. The van der Waals surface area contributed by atoms with E-state index in [1.54, 1.807) is 0 Å². The highest BCUT2D eigenvalue weighted by molar-refractivity contribution is 6.32. The number of carbonyl (C=O) groups excluding carboxylic acids is 1. The Morgan fingerprint density at radius 2 is 1.88 bits per heavy atom. The van der Waals surface area contributed by atoms with Crippen LogP contribution in [0.4, 0.5) is 15.8 Å². The summed E-state index contributed by atoms with van der Waals surface area (Å²) in [5, 5.41) is 13.3. The van der Waals surface area contributed by atoms with E-state index in [-0.39, 0.29) is 16.5 Å². The summed E-state index contributed by atoms with van der Waals surface area (Å²) in [5.74, 6) is -1.17. The van der Waals surface area contributed by atoms with Crippen molar-refractivity contribution in [1.82, 2.24) is 0 Å². The number of non-ortho nitro benzene ring substituents is 1. The quantitative estimate of drug-likeness (QED) is 0.580. The summed E-state index contributed by atoms with van der Waals surface area (Å²) in [6.45, 7) is -0.526. The van der Waals surface area contributed by atoms with Gasteiger partial charge in [0.25, 0.3) is 11.6 Å². The molecule has 0 heterocycles. The van der Waals surface area contributed by atoms with Crippen LogP contribution < -0.4 is 19.5 Å². The van der Waals surface area contributed by atoms with Gasteiger partial charge < -0.3 is 19.5 Å². The van der Waals surface area contributed by atoms with Crippen LogP contribution >= 0.6 is 11.6 Å². The molecule has 0 atom stereocenters. The van der Waals surface area contributed by atoms with E-state index in [4.69, 9.17) is 25.8 Å². The number of halogens is 2. The van der Waals surface area contributed by atoms with E-state index in [0.717, 1.165) is 12.1 Å². The molecule has 0 aliphatic carbocycles. The lowest BCUT2D eigenvalue weighted by Crippen LogP contribution is -2.21. The Kier molecular flexibility index (Phi) is 6.18. The molecule has 0 aliphatic heterocycles. The first-order valence-corrected chi connectivity index (χ1v) is 7.51. The molecule has 10 heteroatoms. The molecule has 0 aromatic heterocycles.